The molecule has 1 atom stereocenters. The monoisotopic (exact) mass is 575 g/mol. The number of esters is 1. The zero-order valence-corrected chi connectivity index (χ0v) is 24.3. The zero-order valence-electron chi connectivity index (χ0n) is 21.8. The summed E-state index contributed by atoms with van der Waals surface area (Å²) < 4.78 is 5.32. The van der Waals surface area contributed by atoms with Crippen molar-refractivity contribution in [3.05, 3.63) is 95.4 Å². The van der Waals surface area contributed by atoms with Gasteiger partial charge in [0.25, 0.3) is 0 Å². The van der Waals surface area contributed by atoms with E-state index in [1.165, 1.54) is 23.1 Å². The number of hydrogen-bond acceptors (Lipinski definition) is 6. The molecule has 0 aliphatic rings. The molecule has 0 saturated heterocycles. The van der Waals surface area contributed by atoms with E-state index in [1.54, 1.807) is 6.92 Å². The van der Waals surface area contributed by atoms with Gasteiger partial charge in [0.2, 0.25) is 5.91 Å². The fourth-order valence-electron chi connectivity index (χ4n) is 3.73. The Labute approximate surface area is 242 Å². The molecule has 1 heterocycles. The minimum absolute atomic E-state index is 0.206. The Hall–Kier alpha value is -3.66. The third-order valence-electron chi connectivity index (χ3n) is 5.68. The van der Waals surface area contributed by atoms with Crippen molar-refractivity contribution in [1.29, 1.82) is 0 Å². The van der Waals surface area contributed by atoms with Crippen LogP contribution in [-0.4, -0.2) is 28.8 Å². The average molecular weight is 576 g/mol. The van der Waals surface area contributed by atoms with Gasteiger partial charge in [-0.1, -0.05) is 54.1 Å². The lowest BCUT2D eigenvalue weighted by Crippen LogP contribution is -2.23. The number of benzene rings is 3. The number of amides is 1. The van der Waals surface area contributed by atoms with Crippen LogP contribution in [-0.2, 0) is 9.53 Å². The van der Waals surface area contributed by atoms with Crippen LogP contribution in [0.3, 0.4) is 0 Å². The number of ether oxygens (including phenoxy) is 1. The summed E-state index contributed by atoms with van der Waals surface area (Å²) in [4.78, 5) is 27.0. The highest BCUT2D eigenvalue weighted by molar-refractivity contribution is 8.00. The maximum Gasteiger partial charge on any atom is 0.341 e. The smallest absolute Gasteiger partial charge is 0.341 e. The number of thiocarbonyl (C=S) groups is 1. The second-order valence-electron chi connectivity index (χ2n) is 8.66. The number of thioether (sulfide) groups is 1. The van der Waals surface area contributed by atoms with Crippen molar-refractivity contribution in [3.63, 3.8) is 0 Å². The van der Waals surface area contributed by atoms with E-state index < -0.39 is 11.2 Å². The van der Waals surface area contributed by atoms with Gasteiger partial charge in [-0.2, -0.15) is 0 Å². The molecule has 0 aliphatic heterocycles. The van der Waals surface area contributed by atoms with Gasteiger partial charge in [-0.25, -0.2) is 4.79 Å². The molecular weight excluding hydrogens is 547 g/mol. The molecule has 1 amide bonds. The minimum atomic E-state index is -0.455. The Morgan fingerprint density at radius 1 is 0.949 bits per heavy atom. The second-order valence-corrected chi connectivity index (χ2v) is 11.4. The van der Waals surface area contributed by atoms with Crippen LogP contribution >= 0.6 is 35.3 Å². The van der Waals surface area contributed by atoms with Gasteiger partial charge in [-0.15, -0.1) is 23.1 Å². The summed E-state index contributed by atoms with van der Waals surface area (Å²) in [5.41, 5.74) is 4.85. The third-order valence-corrected chi connectivity index (χ3v) is 7.87. The molecule has 200 valence electrons. The molecule has 0 spiro atoms. The van der Waals surface area contributed by atoms with Crippen molar-refractivity contribution in [2.24, 2.45) is 0 Å². The molecule has 0 saturated carbocycles. The summed E-state index contributed by atoms with van der Waals surface area (Å²) in [5, 5.41) is 11.7. The highest BCUT2D eigenvalue weighted by Gasteiger charge is 2.24. The van der Waals surface area contributed by atoms with Crippen LogP contribution in [0.1, 0.15) is 29.8 Å². The molecule has 39 heavy (non-hydrogen) atoms. The third kappa shape index (κ3) is 7.69. The minimum Gasteiger partial charge on any atom is -0.462 e. The van der Waals surface area contributed by atoms with Gasteiger partial charge < -0.3 is 20.7 Å². The maximum absolute atomic E-state index is 13.2. The van der Waals surface area contributed by atoms with Crippen molar-refractivity contribution in [2.45, 2.75) is 30.9 Å². The molecular formula is C30H29N3O3S3. The number of hydrogen-bond donors (Lipinski definition) is 3. The van der Waals surface area contributed by atoms with E-state index in [4.69, 9.17) is 17.0 Å². The molecule has 0 radical (unpaired) electrons. The lowest BCUT2D eigenvalue weighted by molar-refractivity contribution is -0.115. The molecule has 4 rings (SSSR count). The topological polar surface area (TPSA) is 79.5 Å². The van der Waals surface area contributed by atoms with E-state index >= 15 is 0 Å². The average Bonchev–Trinajstić information content (AvgIpc) is 3.33. The normalized spacial score (nSPS) is 11.4. The fourth-order valence-corrected chi connectivity index (χ4v) is 5.86. The molecule has 6 nitrogen and oxygen atoms in total. The first-order valence-corrected chi connectivity index (χ1v) is 14.6. The van der Waals surface area contributed by atoms with Gasteiger partial charge in [0.15, 0.2) is 5.11 Å². The summed E-state index contributed by atoms with van der Waals surface area (Å²) in [5.74, 6) is -0.661. The highest BCUT2D eigenvalue weighted by Crippen LogP contribution is 2.37. The van der Waals surface area contributed by atoms with Crippen molar-refractivity contribution < 1.29 is 14.3 Å². The number of para-hydroxylation sites is 1. The number of rotatable bonds is 9. The van der Waals surface area contributed by atoms with Crippen LogP contribution in [0.5, 0.6) is 0 Å². The number of aryl methyl sites for hydroxylation is 1. The van der Waals surface area contributed by atoms with Gasteiger partial charge >= 0.3 is 5.97 Å². The molecule has 1 unspecified atom stereocenters. The Morgan fingerprint density at radius 2 is 1.64 bits per heavy atom. The van der Waals surface area contributed by atoms with Crippen molar-refractivity contribution >= 4 is 68.7 Å². The number of carbonyl (C=O) groups is 2. The predicted octanol–water partition coefficient (Wildman–Crippen LogP) is 7.83. The summed E-state index contributed by atoms with van der Waals surface area (Å²) >= 11 is 8.17. The van der Waals surface area contributed by atoms with E-state index in [1.807, 2.05) is 98.1 Å². The van der Waals surface area contributed by atoms with Crippen LogP contribution in [0.4, 0.5) is 16.4 Å². The molecule has 0 fully saturated rings. The summed E-state index contributed by atoms with van der Waals surface area (Å²) in [6.07, 6.45) is 0. The predicted molar refractivity (Wildman–Crippen MR) is 167 cm³/mol. The first-order valence-electron chi connectivity index (χ1n) is 12.4. The Bertz CT molecular complexity index is 1450. The zero-order chi connectivity index (χ0) is 27.8. The number of carbonyl (C=O) groups excluding carboxylic acids is 2. The Morgan fingerprint density at radius 3 is 2.36 bits per heavy atom. The SMILES string of the molecule is CCOC(=O)c1c(-c2ccc(C)cc2)csc1NC(=O)C(C)Sc1cccc(NC(=S)Nc2ccccc2)c1. The first kappa shape index (κ1) is 28.4. The van der Waals surface area contributed by atoms with Gasteiger partial charge in [0.05, 0.1) is 11.9 Å². The summed E-state index contributed by atoms with van der Waals surface area (Å²) in [6.45, 7) is 5.85. The van der Waals surface area contributed by atoms with Gasteiger partial charge in [0, 0.05) is 27.2 Å². The van der Waals surface area contributed by atoms with Gasteiger partial charge in [0.1, 0.15) is 10.6 Å². The molecule has 0 aliphatic carbocycles. The van der Waals surface area contributed by atoms with Crippen LogP contribution in [0.2, 0.25) is 0 Å². The molecule has 3 aromatic carbocycles. The van der Waals surface area contributed by atoms with Gasteiger partial charge in [-0.05, 0) is 68.9 Å². The van der Waals surface area contributed by atoms with Crippen LogP contribution in [0.15, 0.2) is 89.1 Å². The van der Waals surface area contributed by atoms with Crippen LogP contribution < -0.4 is 16.0 Å². The Kier molecular flexibility index (Phi) is 9.75. The second kappa shape index (κ2) is 13.4. The highest BCUT2D eigenvalue weighted by atomic mass is 32.2. The van der Waals surface area contributed by atoms with E-state index in [2.05, 4.69) is 16.0 Å². The summed E-state index contributed by atoms with van der Waals surface area (Å²) in [7, 11) is 0. The van der Waals surface area contributed by atoms with E-state index in [0.29, 0.717) is 15.7 Å². The molecule has 1 aromatic heterocycles. The number of nitrogens with one attached hydrogen (secondary N) is 3. The lowest BCUT2D eigenvalue weighted by Gasteiger charge is -2.14. The van der Waals surface area contributed by atoms with Gasteiger partial charge in [-0.3, -0.25) is 4.79 Å². The largest absolute Gasteiger partial charge is 0.462 e. The van der Waals surface area contributed by atoms with E-state index in [9.17, 15) is 9.59 Å². The van der Waals surface area contributed by atoms with Crippen molar-refractivity contribution in [3.8, 4) is 11.1 Å². The number of thiophene rings is 1. The maximum atomic E-state index is 13.2. The fraction of sp³-hybridized carbons (Fsp3) is 0.167. The first-order chi connectivity index (χ1) is 18.8. The Balaban J connectivity index is 1.44. The van der Waals surface area contributed by atoms with E-state index in [0.717, 1.165) is 33.0 Å². The van der Waals surface area contributed by atoms with E-state index in [-0.39, 0.29) is 12.5 Å². The molecule has 0 bridgehead atoms. The lowest BCUT2D eigenvalue weighted by atomic mass is 10.0. The molecule has 3 N–H and O–H groups in total. The quantitative estimate of drug-likeness (QED) is 0.107. The van der Waals surface area contributed by atoms with Crippen molar-refractivity contribution in [2.75, 3.05) is 22.6 Å². The molecule has 9 heteroatoms. The summed E-state index contributed by atoms with van der Waals surface area (Å²) in [6, 6.07) is 25.3. The molecule has 4 aromatic rings. The van der Waals surface area contributed by atoms with Crippen LogP contribution in [0, 0.1) is 6.92 Å². The van der Waals surface area contributed by atoms with Crippen LogP contribution in [0.25, 0.3) is 11.1 Å². The standard InChI is InChI=1S/C30H29N3O3S3/c1-4-36-29(35)26-25(21-15-13-19(2)14-16-21)18-38-28(26)33-27(34)20(3)39-24-12-8-11-23(17-24)32-30(37)31-22-9-6-5-7-10-22/h5-18,20H,4H2,1-3H3,(H,33,34)(H2,31,32,37). The number of anilines is 3. The van der Waals surface area contributed by atoms with Crippen molar-refractivity contribution in [1.82, 2.24) is 0 Å².